The minimum atomic E-state index is 0.990. The van der Waals surface area contributed by atoms with Crippen molar-refractivity contribution in [2.75, 3.05) is 0 Å². The highest BCUT2D eigenvalue weighted by molar-refractivity contribution is 7.17. The SMILES string of the molecule is c1ccc2c(c1)ncc1ncsc12. The highest BCUT2D eigenvalue weighted by Gasteiger charge is 2.01. The van der Waals surface area contributed by atoms with Crippen molar-refractivity contribution in [3.05, 3.63) is 36.0 Å². The number of fused-ring (bicyclic) bond motifs is 3. The van der Waals surface area contributed by atoms with Crippen LogP contribution in [0, 0.1) is 0 Å². The number of nitrogens with zero attached hydrogens (tertiary/aromatic N) is 2. The van der Waals surface area contributed by atoms with Gasteiger partial charge in [0, 0.05) is 5.39 Å². The second kappa shape index (κ2) is 2.50. The molecule has 0 bridgehead atoms. The normalized spacial score (nSPS) is 11.1. The second-order valence-electron chi connectivity index (χ2n) is 2.84. The first-order valence-corrected chi connectivity index (χ1v) is 4.90. The van der Waals surface area contributed by atoms with Crippen molar-refractivity contribution in [2.24, 2.45) is 0 Å². The first kappa shape index (κ1) is 6.97. The van der Waals surface area contributed by atoms with Crippen LogP contribution in [0.25, 0.3) is 21.1 Å². The third-order valence-corrected chi connectivity index (χ3v) is 2.95. The summed E-state index contributed by atoms with van der Waals surface area (Å²) in [6.45, 7) is 0. The first-order valence-electron chi connectivity index (χ1n) is 4.02. The summed E-state index contributed by atoms with van der Waals surface area (Å²) in [6.07, 6.45) is 1.83. The van der Waals surface area contributed by atoms with Gasteiger partial charge in [-0.05, 0) is 6.07 Å². The van der Waals surface area contributed by atoms with Crippen LogP contribution in [0.1, 0.15) is 0 Å². The number of para-hydroxylation sites is 1. The van der Waals surface area contributed by atoms with Crippen molar-refractivity contribution in [1.29, 1.82) is 0 Å². The highest BCUT2D eigenvalue weighted by Crippen LogP contribution is 2.25. The summed E-state index contributed by atoms with van der Waals surface area (Å²) < 4.78 is 1.23. The summed E-state index contributed by atoms with van der Waals surface area (Å²) >= 11 is 1.67. The molecule has 1 aromatic carbocycles. The lowest BCUT2D eigenvalue weighted by Crippen LogP contribution is -1.77. The van der Waals surface area contributed by atoms with Gasteiger partial charge in [0.25, 0.3) is 0 Å². The molecule has 2 aromatic heterocycles. The van der Waals surface area contributed by atoms with E-state index in [0.29, 0.717) is 0 Å². The van der Waals surface area contributed by atoms with E-state index in [9.17, 15) is 0 Å². The van der Waals surface area contributed by atoms with Crippen LogP contribution in [0.3, 0.4) is 0 Å². The van der Waals surface area contributed by atoms with Crippen LogP contribution in [0.5, 0.6) is 0 Å². The van der Waals surface area contributed by atoms with E-state index in [1.807, 2.05) is 29.9 Å². The molecule has 13 heavy (non-hydrogen) atoms. The highest BCUT2D eigenvalue weighted by atomic mass is 32.1. The van der Waals surface area contributed by atoms with E-state index in [1.54, 1.807) is 11.3 Å². The molecular weight excluding hydrogens is 180 g/mol. The maximum absolute atomic E-state index is 4.33. The molecule has 0 aliphatic rings. The van der Waals surface area contributed by atoms with Crippen LogP contribution in [0.4, 0.5) is 0 Å². The Balaban J connectivity index is 2.65. The summed E-state index contributed by atoms with van der Waals surface area (Å²) in [5, 5.41) is 1.20. The Hall–Kier alpha value is -1.48. The second-order valence-corrected chi connectivity index (χ2v) is 3.70. The van der Waals surface area contributed by atoms with Gasteiger partial charge in [-0.2, -0.15) is 0 Å². The van der Waals surface area contributed by atoms with Gasteiger partial charge < -0.3 is 0 Å². The van der Waals surface area contributed by atoms with Gasteiger partial charge in [-0.15, -0.1) is 11.3 Å². The van der Waals surface area contributed by atoms with Crippen molar-refractivity contribution in [3.8, 4) is 0 Å². The van der Waals surface area contributed by atoms with E-state index in [0.717, 1.165) is 11.0 Å². The maximum Gasteiger partial charge on any atom is 0.100 e. The molecule has 0 amide bonds. The molecule has 0 saturated heterocycles. The Bertz CT molecular complexity index is 571. The quantitative estimate of drug-likeness (QED) is 0.539. The molecule has 2 nitrogen and oxygen atoms in total. The fraction of sp³-hybridized carbons (Fsp3) is 0. The van der Waals surface area contributed by atoms with Gasteiger partial charge in [0.1, 0.15) is 5.52 Å². The van der Waals surface area contributed by atoms with Crippen molar-refractivity contribution >= 4 is 32.5 Å². The van der Waals surface area contributed by atoms with Crippen LogP contribution in [0.15, 0.2) is 36.0 Å². The Morgan fingerprint density at radius 3 is 2.92 bits per heavy atom. The van der Waals surface area contributed by atoms with E-state index in [1.165, 1.54) is 10.1 Å². The zero-order valence-corrected chi connectivity index (χ0v) is 7.58. The molecule has 2 heterocycles. The average Bonchev–Trinajstić information content (AvgIpc) is 2.65. The van der Waals surface area contributed by atoms with Gasteiger partial charge in [-0.3, -0.25) is 4.98 Å². The smallest absolute Gasteiger partial charge is 0.100 e. The van der Waals surface area contributed by atoms with Crippen molar-refractivity contribution < 1.29 is 0 Å². The summed E-state index contributed by atoms with van der Waals surface area (Å²) in [4.78, 5) is 8.55. The molecule has 3 rings (SSSR count). The number of rotatable bonds is 0. The van der Waals surface area contributed by atoms with Crippen molar-refractivity contribution in [3.63, 3.8) is 0 Å². The molecule has 0 aliphatic heterocycles. The van der Waals surface area contributed by atoms with Crippen LogP contribution < -0.4 is 0 Å². The molecule has 0 aliphatic carbocycles. The Morgan fingerprint density at radius 2 is 1.92 bits per heavy atom. The summed E-state index contributed by atoms with van der Waals surface area (Å²) in [5.74, 6) is 0. The van der Waals surface area contributed by atoms with Crippen molar-refractivity contribution in [2.45, 2.75) is 0 Å². The number of pyridine rings is 1. The van der Waals surface area contributed by atoms with E-state index in [-0.39, 0.29) is 0 Å². The third-order valence-electron chi connectivity index (χ3n) is 2.07. The number of aromatic nitrogens is 2. The van der Waals surface area contributed by atoms with Gasteiger partial charge in [-0.1, -0.05) is 18.2 Å². The molecule has 0 atom stereocenters. The number of thiazole rings is 1. The largest absolute Gasteiger partial charge is 0.254 e. The summed E-state index contributed by atoms with van der Waals surface area (Å²) in [5.41, 5.74) is 3.89. The van der Waals surface area contributed by atoms with E-state index < -0.39 is 0 Å². The first-order chi connectivity index (χ1) is 6.45. The number of hydrogen-bond acceptors (Lipinski definition) is 3. The Labute approximate surface area is 78.9 Å². The van der Waals surface area contributed by atoms with Crippen molar-refractivity contribution in [1.82, 2.24) is 9.97 Å². The monoisotopic (exact) mass is 186 g/mol. The molecule has 62 valence electrons. The fourth-order valence-electron chi connectivity index (χ4n) is 1.46. The standard InChI is InChI=1S/C10H6N2S/c1-2-4-8-7(3-1)10-9(5-11-8)12-6-13-10/h1-6H. The Morgan fingerprint density at radius 1 is 1.00 bits per heavy atom. The lowest BCUT2D eigenvalue weighted by molar-refractivity contribution is 1.40. The van der Waals surface area contributed by atoms with Crippen LogP contribution >= 0.6 is 11.3 Å². The average molecular weight is 186 g/mol. The molecule has 0 radical (unpaired) electrons. The maximum atomic E-state index is 4.33. The van der Waals surface area contributed by atoms with Crippen LogP contribution in [0.2, 0.25) is 0 Å². The minimum Gasteiger partial charge on any atom is -0.254 e. The lowest BCUT2D eigenvalue weighted by atomic mass is 10.2. The molecule has 0 unspecified atom stereocenters. The molecule has 0 fully saturated rings. The van der Waals surface area contributed by atoms with Crippen LogP contribution in [-0.4, -0.2) is 9.97 Å². The van der Waals surface area contributed by atoms with Gasteiger partial charge in [0.05, 0.1) is 21.9 Å². The molecular formula is C10H6N2S. The van der Waals surface area contributed by atoms with Gasteiger partial charge in [-0.25, -0.2) is 4.98 Å². The zero-order chi connectivity index (χ0) is 8.67. The molecule has 0 spiro atoms. The predicted molar refractivity (Wildman–Crippen MR) is 54.9 cm³/mol. The number of hydrogen-bond donors (Lipinski definition) is 0. The summed E-state index contributed by atoms with van der Waals surface area (Å²) in [7, 11) is 0. The minimum absolute atomic E-state index is 0.990. The third kappa shape index (κ3) is 0.939. The van der Waals surface area contributed by atoms with E-state index >= 15 is 0 Å². The molecule has 3 heteroatoms. The predicted octanol–water partition coefficient (Wildman–Crippen LogP) is 2.84. The fourth-order valence-corrected chi connectivity index (χ4v) is 2.25. The molecule has 0 N–H and O–H groups in total. The van der Waals surface area contributed by atoms with Crippen LogP contribution in [-0.2, 0) is 0 Å². The van der Waals surface area contributed by atoms with Gasteiger partial charge in [0.15, 0.2) is 0 Å². The molecule has 3 aromatic rings. The topological polar surface area (TPSA) is 25.8 Å². The Kier molecular flexibility index (Phi) is 1.34. The number of benzene rings is 1. The molecule has 0 saturated carbocycles. The lowest BCUT2D eigenvalue weighted by Gasteiger charge is -1.95. The van der Waals surface area contributed by atoms with Gasteiger partial charge in [0.2, 0.25) is 0 Å². The zero-order valence-electron chi connectivity index (χ0n) is 6.77. The van der Waals surface area contributed by atoms with E-state index in [2.05, 4.69) is 16.0 Å². The van der Waals surface area contributed by atoms with E-state index in [4.69, 9.17) is 0 Å². The van der Waals surface area contributed by atoms with Gasteiger partial charge >= 0.3 is 0 Å². The summed E-state index contributed by atoms with van der Waals surface area (Å²) in [6, 6.07) is 8.14.